The molecule has 0 aliphatic heterocycles. The van der Waals surface area contributed by atoms with E-state index in [1.165, 1.54) is 21.3 Å². The third-order valence-electron chi connectivity index (χ3n) is 4.57. The monoisotopic (exact) mass is 463 g/mol. The Bertz CT molecular complexity index is 1190. The molecule has 1 aromatic heterocycles. The van der Waals surface area contributed by atoms with Crippen molar-refractivity contribution < 1.29 is 19.4 Å². The number of aromatic hydroxyl groups is 1. The van der Waals surface area contributed by atoms with E-state index in [0.717, 1.165) is 4.57 Å². The zero-order valence-electron chi connectivity index (χ0n) is 16.9. The molecule has 2 aromatic carbocycles. The van der Waals surface area contributed by atoms with Crippen molar-refractivity contribution in [3.8, 4) is 28.6 Å². The summed E-state index contributed by atoms with van der Waals surface area (Å²) >= 11 is 11.9. The van der Waals surface area contributed by atoms with Crippen molar-refractivity contribution in [2.75, 3.05) is 14.2 Å². The van der Waals surface area contributed by atoms with E-state index in [1.54, 1.807) is 36.4 Å². The van der Waals surface area contributed by atoms with Crippen molar-refractivity contribution in [2.24, 2.45) is 7.05 Å². The number of ether oxygens (including phenoxy) is 2. The number of halogens is 2. The van der Waals surface area contributed by atoms with Gasteiger partial charge in [0.05, 0.1) is 24.3 Å². The molecule has 0 fully saturated rings. The average molecular weight is 464 g/mol. The van der Waals surface area contributed by atoms with Gasteiger partial charge < -0.3 is 19.9 Å². The second-order valence-electron chi connectivity index (χ2n) is 6.47. The van der Waals surface area contributed by atoms with Gasteiger partial charge in [0.2, 0.25) is 5.75 Å². The molecule has 3 rings (SSSR count). The number of hydrogen-bond acceptors (Lipinski definition) is 6. The molecule has 0 aliphatic rings. The Hall–Kier alpha value is -3.23. The molecule has 1 heterocycles. The Morgan fingerprint density at radius 3 is 2.35 bits per heavy atom. The summed E-state index contributed by atoms with van der Waals surface area (Å²) < 4.78 is 11.9. The summed E-state index contributed by atoms with van der Waals surface area (Å²) in [5.41, 5.74) is -0.174. The Morgan fingerprint density at radius 1 is 1.13 bits per heavy atom. The maximum Gasteiger partial charge on any atom is 0.296 e. The Morgan fingerprint density at radius 2 is 1.77 bits per heavy atom. The van der Waals surface area contributed by atoms with Crippen molar-refractivity contribution >= 4 is 29.1 Å². The first-order chi connectivity index (χ1) is 14.8. The lowest BCUT2D eigenvalue weighted by Gasteiger charge is -2.16. The van der Waals surface area contributed by atoms with E-state index in [9.17, 15) is 14.7 Å². The van der Waals surface area contributed by atoms with Gasteiger partial charge in [0.1, 0.15) is 17.1 Å². The zero-order valence-corrected chi connectivity index (χ0v) is 18.4. The van der Waals surface area contributed by atoms with Gasteiger partial charge in [-0.2, -0.15) is 0 Å². The molecule has 0 radical (unpaired) electrons. The van der Waals surface area contributed by atoms with Crippen LogP contribution in [0.15, 0.2) is 41.2 Å². The van der Waals surface area contributed by atoms with Gasteiger partial charge in [-0.15, -0.1) is 0 Å². The van der Waals surface area contributed by atoms with Gasteiger partial charge in [-0.25, -0.2) is 4.98 Å². The SMILES string of the molecule is COc1cccc(OC)c1-c1nc(C(=O)NCc2ccc(Cl)c(Cl)c2)c(O)c(=O)n1C. The Labute approximate surface area is 188 Å². The molecule has 162 valence electrons. The molecule has 0 aliphatic carbocycles. The summed E-state index contributed by atoms with van der Waals surface area (Å²) in [6.45, 7) is 0.0827. The van der Waals surface area contributed by atoms with Crippen molar-refractivity contribution in [1.82, 2.24) is 14.9 Å². The molecule has 0 saturated heterocycles. The number of methoxy groups -OCH3 is 2. The summed E-state index contributed by atoms with van der Waals surface area (Å²) in [7, 11) is 4.34. The molecule has 0 bridgehead atoms. The Kier molecular flexibility index (Phi) is 6.72. The molecular weight excluding hydrogens is 445 g/mol. The van der Waals surface area contributed by atoms with Gasteiger partial charge in [0.25, 0.3) is 11.5 Å². The van der Waals surface area contributed by atoms with Crippen LogP contribution in [0.5, 0.6) is 17.2 Å². The first-order valence-electron chi connectivity index (χ1n) is 9.02. The number of rotatable bonds is 6. The minimum atomic E-state index is -0.794. The van der Waals surface area contributed by atoms with Crippen LogP contribution in [0.4, 0.5) is 0 Å². The van der Waals surface area contributed by atoms with Gasteiger partial charge in [-0.3, -0.25) is 14.2 Å². The van der Waals surface area contributed by atoms with Crippen LogP contribution in [0, 0.1) is 0 Å². The molecule has 0 saturated carbocycles. The van der Waals surface area contributed by atoms with Crippen molar-refractivity contribution in [3.05, 3.63) is 68.1 Å². The number of hydrogen-bond donors (Lipinski definition) is 2. The third kappa shape index (κ3) is 4.45. The molecule has 10 heteroatoms. The zero-order chi connectivity index (χ0) is 22.7. The fourth-order valence-corrected chi connectivity index (χ4v) is 3.28. The van der Waals surface area contributed by atoms with Crippen LogP contribution in [0.3, 0.4) is 0 Å². The van der Waals surface area contributed by atoms with E-state index >= 15 is 0 Å². The Balaban J connectivity index is 2.03. The number of amides is 1. The topological polar surface area (TPSA) is 103 Å². The van der Waals surface area contributed by atoms with Crippen molar-refractivity contribution in [1.29, 1.82) is 0 Å². The van der Waals surface area contributed by atoms with Gasteiger partial charge in [-0.05, 0) is 29.8 Å². The molecule has 0 unspecified atom stereocenters. The van der Waals surface area contributed by atoms with Crippen LogP contribution in [0.2, 0.25) is 10.0 Å². The lowest BCUT2D eigenvalue weighted by atomic mass is 10.1. The van der Waals surface area contributed by atoms with Crippen LogP contribution < -0.4 is 20.3 Å². The highest BCUT2D eigenvalue weighted by atomic mass is 35.5. The third-order valence-corrected chi connectivity index (χ3v) is 5.31. The van der Waals surface area contributed by atoms with Crippen LogP contribution in [-0.4, -0.2) is 34.8 Å². The van der Waals surface area contributed by atoms with E-state index in [1.807, 2.05) is 0 Å². The largest absolute Gasteiger partial charge is 0.501 e. The summed E-state index contributed by atoms with van der Waals surface area (Å²) in [5.74, 6) is -0.649. The van der Waals surface area contributed by atoms with Gasteiger partial charge in [0.15, 0.2) is 11.5 Å². The fraction of sp³-hybridized carbons (Fsp3) is 0.190. The lowest BCUT2D eigenvalue weighted by Crippen LogP contribution is -2.29. The van der Waals surface area contributed by atoms with Gasteiger partial charge in [-0.1, -0.05) is 35.3 Å². The highest BCUT2D eigenvalue weighted by molar-refractivity contribution is 6.42. The number of nitrogens with zero attached hydrogens (tertiary/aromatic N) is 2. The second-order valence-corrected chi connectivity index (χ2v) is 7.28. The van der Waals surface area contributed by atoms with Crippen LogP contribution in [0.25, 0.3) is 11.4 Å². The highest BCUT2D eigenvalue weighted by Gasteiger charge is 2.24. The smallest absolute Gasteiger partial charge is 0.296 e. The van der Waals surface area contributed by atoms with E-state index in [-0.39, 0.29) is 12.4 Å². The summed E-state index contributed by atoms with van der Waals surface area (Å²) in [6, 6.07) is 9.95. The lowest BCUT2D eigenvalue weighted by molar-refractivity contribution is 0.0942. The summed E-state index contributed by atoms with van der Waals surface area (Å²) in [5, 5.41) is 13.6. The highest BCUT2D eigenvalue weighted by Crippen LogP contribution is 2.37. The average Bonchev–Trinajstić information content (AvgIpc) is 2.77. The molecule has 3 aromatic rings. The van der Waals surface area contributed by atoms with Gasteiger partial charge >= 0.3 is 0 Å². The quantitative estimate of drug-likeness (QED) is 0.580. The number of aromatic nitrogens is 2. The van der Waals surface area contributed by atoms with Crippen LogP contribution in [0.1, 0.15) is 16.1 Å². The van der Waals surface area contributed by atoms with E-state index in [4.69, 9.17) is 32.7 Å². The number of carbonyl (C=O) groups excluding carboxylic acids is 1. The minimum absolute atomic E-state index is 0.0827. The van der Waals surface area contributed by atoms with Crippen molar-refractivity contribution in [2.45, 2.75) is 6.54 Å². The predicted octanol–water partition coefficient (Wildman–Crippen LogP) is 3.41. The second kappa shape index (κ2) is 9.28. The van der Waals surface area contributed by atoms with Crippen molar-refractivity contribution in [3.63, 3.8) is 0 Å². The fourth-order valence-electron chi connectivity index (χ4n) is 2.96. The molecular formula is C21H19Cl2N3O5. The minimum Gasteiger partial charge on any atom is -0.501 e. The van der Waals surface area contributed by atoms with E-state index in [2.05, 4.69) is 10.3 Å². The molecule has 8 nitrogen and oxygen atoms in total. The number of nitrogens with one attached hydrogen (secondary N) is 1. The normalized spacial score (nSPS) is 10.6. The molecule has 0 atom stereocenters. The summed E-state index contributed by atoms with van der Waals surface area (Å²) in [4.78, 5) is 29.6. The number of carbonyl (C=O) groups is 1. The predicted molar refractivity (Wildman–Crippen MR) is 117 cm³/mol. The molecule has 31 heavy (non-hydrogen) atoms. The standard InChI is InChI=1S/C21H19Cl2N3O5/c1-26-19(16-14(30-2)5-4-6-15(16)31-3)25-17(18(27)21(26)29)20(28)24-10-11-7-8-12(22)13(23)9-11/h4-9,27H,10H2,1-3H3,(H,24,28). The molecule has 1 amide bonds. The molecule has 0 spiro atoms. The van der Waals surface area contributed by atoms with Gasteiger partial charge in [0, 0.05) is 13.6 Å². The van der Waals surface area contributed by atoms with Crippen LogP contribution in [-0.2, 0) is 13.6 Å². The van der Waals surface area contributed by atoms with E-state index in [0.29, 0.717) is 32.7 Å². The first kappa shape index (κ1) is 22.5. The number of benzene rings is 2. The first-order valence-corrected chi connectivity index (χ1v) is 9.77. The van der Waals surface area contributed by atoms with E-state index < -0.39 is 22.9 Å². The maximum absolute atomic E-state index is 12.7. The summed E-state index contributed by atoms with van der Waals surface area (Å²) in [6.07, 6.45) is 0. The van der Waals surface area contributed by atoms with Crippen LogP contribution >= 0.6 is 23.2 Å². The maximum atomic E-state index is 12.7. The molecule has 2 N–H and O–H groups in total.